The van der Waals surface area contributed by atoms with E-state index in [0.29, 0.717) is 49.9 Å². The smallest absolute Gasteiger partial charge is 0.381 e. The molecule has 1 amide bonds. The fourth-order valence-electron chi connectivity index (χ4n) is 6.14. The number of hydrogen-bond donors (Lipinski definition) is 1. The van der Waals surface area contributed by atoms with Crippen LogP contribution in [-0.2, 0) is 15.7 Å². The van der Waals surface area contributed by atoms with Crippen LogP contribution in [-0.4, -0.2) is 67.3 Å². The molecule has 1 aliphatic carbocycles. The first-order valence-electron chi connectivity index (χ1n) is 13.0. The number of rotatable bonds is 6. The highest BCUT2D eigenvalue weighted by Gasteiger charge is 2.50. The highest BCUT2D eigenvalue weighted by atomic mass is 19.4. The van der Waals surface area contributed by atoms with Crippen LogP contribution in [0.4, 0.5) is 18.9 Å². The first-order chi connectivity index (χ1) is 16.6. The van der Waals surface area contributed by atoms with Gasteiger partial charge < -0.3 is 19.9 Å². The lowest BCUT2D eigenvalue weighted by Gasteiger charge is -2.42. The van der Waals surface area contributed by atoms with E-state index in [1.54, 1.807) is 0 Å². The van der Waals surface area contributed by atoms with E-state index in [9.17, 15) is 18.0 Å². The summed E-state index contributed by atoms with van der Waals surface area (Å²) in [7, 11) is 0. The number of piperazine rings is 1. The molecule has 196 valence electrons. The summed E-state index contributed by atoms with van der Waals surface area (Å²) in [6, 6.07) is 1.92. The zero-order chi connectivity index (χ0) is 25.2. The zero-order valence-corrected chi connectivity index (χ0v) is 21.1. The van der Waals surface area contributed by atoms with Gasteiger partial charge in [0.05, 0.1) is 29.5 Å². The molecule has 3 aliphatic rings. The molecule has 0 aromatic carbocycles. The van der Waals surface area contributed by atoms with E-state index in [4.69, 9.17) is 4.74 Å². The lowest BCUT2D eigenvalue weighted by molar-refractivity contribution is -0.145. The number of pyridine rings is 1. The van der Waals surface area contributed by atoms with Crippen LogP contribution >= 0.6 is 0 Å². The summed E-state index contributed by atoms with van der Waals surface area (Å²) in [4.78, 5) is 21.5. The number of carbonyl (C=O) groups is 1. The van der Waals surface area contributed by atoms with Crippen molar-refractivity contribution in [1.29, 1.82) is 0 Å². The Kier molecular flexibility index (Phi) is 7.95. The SMILES string of the molecule is CCC1COCCC1NC1CCC(C(=O)N2CCN(c3cncc(C(F)(F)F)c3)CC2)(C(C)C)C1. The van der Waals surface area contributed by atoms with Gasteiger partial charge in [-0.15, -0.1) is 0 Å². The molecular weight excluding hydrogens is 457 g/mol. The summed E-state index contributed by atoms with van der Waals surface area (Å²) in [5.74, 6) is 0.953. The highest BCUT2D eigenvalue weighted by molar-refractivity contribution is 5.84. The van der Waals surface area contributed by atoms with Crippen molar-refractivity contribution < 1.29 is 22.7 Å². The Hall–Kier alpha value is -1.87. The maximum atomic E-state index is 13.8. The molecule has 6 nitrogen and oxygen atoms in total. The molecule has 1 aromatic heterocycles. The summed E-state index contributed by atoms with van der Waals surface area (Å²) in [6.07, 6.45) is 2.72. The molecule has 9 heteroatoms. The van der Waals surface area contributed by atoms with E-state index < -0.39 is 11.7 Å². The van der Waals surface area contributed by atoms with Gasteiger partial charge >= 0.3 is 6.18 Å². The number of nitrogens with one attached hydrogen (secondary N) is 1. The highest BCUT2D eigenvalue weighted by Crippen LogP contribution is 2.46. The predicted octanol–water partition coefficient (Wildman–Crippen LogP) is 4.35. The molecule has 4 atom stereocenters. The molecule has 2 saturated heterocycles. The Labute approximate surface area is 206 Å². The van der Waals surface area contributed by atoms with Gasteiger partial charge in [0.2, 0.25) is 5.91 Å². The van der Waals surface area contributed by atoms with Crippen molar-refractivity contribution in [2.75, 3.05) is 44.3 Å². The molecule has 4 unspecified atom stereocenters. The number of halogens is 3. The number of anilines is 1. The quantitative estimate of drug-likeness (QED) is 0.635. The first-order valence-corrected chi connectivity index (χ1v) is 13.0. The molecule has 0 bridgehead atoms. The number of ether oxygens (including phenoxy) is 1. The van der Waals surface area contributed by atoms with Crippen molar-refractivity contribution >= 4 is 11.6 Å². The topological polar surface area (TPSA) is 57.7 Å². The number of nitrogens with zero attached hydrogens (tertiary/aromatic N) is 3. The van der Waals surface area contributed by atoms with E-state index in [1.165, 1.54) is 6.20 Å². The van der Waals surface area contributed by atoms with Gasteiger partial charge in [-0.3, -0.25) is 9.78 Å². The lowest BCUT2D eigenvalue weighted by Crippen LogP contribution is -2.54. The number of alkyl halides is 3. The molecule has 1 saturated carbocycles. The maximum absolute atomic E-state index is 13.8. The predicted molar refractivity (Wildman–Crippen MR) is 129 cm³/mol. The van der Waals surface area contributed by atoms with Crippen LogP contribution < -0.4 is 10.2 Å². The molecule has 3 heterocycles. The second-order valence-electron chi connectivity index (χ2n) is 10.8. The van der Waals surface area contributed by atoms with Crippen molar-refractivity contribution in [1.82, 2.24) is 15.2 Å². The fourth-order valence-corrected chi connectivity index (χ4v) is 6.14. The van der Waals surface area contributed by atoms with Crippen LogP contribution in [0.2, 0.25) is 0 Å². The zero-order valence-electron chi connectivity index (χ0n) is 21.1. The Bertz CT molecular complexity index is 872. The fraction of sp³-hybridized carbons (Fsp3) is 0.769. The molecule has 35 heavy (non-hydrogen) atoms. The Morgan fingerprint density at radius 3 is 2.63 bits per heavy atom. The Morgan fingerprint density at radius 1 is 1.23 bits per heavy atom. The minimum Gasteiger partial charge on any atom is -0.381 e. The van der Waals surface area contributed by atoms with Gasteiger partial charge in [-0.25, -0.2) is 0 Å². The summed E-state index contributed by atoms with van der Waals surface area (Å²) >= 11 is 0. The van der Waals surface area contributed by atoms with Crippen LogP contribution in [0.25, 0.3) is 0 Å². The van der Waals surface area contributed by atoms with Gasteiger partial charge in [-0.2, -0.15) is 13.2 Å². The van der Waals surface area contributed by atoms with E-state index >= 15 is 0 Å². The van der Waals surface area contributed by atoms with Gasteiger partial charge in [-0.1, -0.05) is 20.8 Å². The van der Waals surface area contributed by atoms with Gasteiger partial charge in [-0.05, 0) is 50.0 Å². The molecule has 1 N–H and O–H groups in total. The van der Waals surface area contributed by atoms with Crippen LogP contribution in [0, 0.1) is 17.3 Å². The minimum absolute atomic E-state index is 0.206. The number of carbonyl (C=O) groups excluding carboxylic acids is 1. The third kappa shape index (κ3) is 5.61. The third-order valence-electron chi connectivity index (χ3n) is 8.51. The van der Waals surface area contributed by atoms with Crippen molar-refractivity contribution in [2.45, 2.75) is 71.1 Å². The first kappa shape index (κ1) is 26.2. The lowest BCUT2D eigenvalue weighted by atomic mass is 9.74. The molecule has 3 fully saturated rings. The maximum Gasteiger partial charge on any atom is 0.417 e. The van der Waals surface area contributed by atoms with Gasteiger partial charge in [0, 0.05) is 51.1 Å². The van der Waals surface area contributed by atoms with E-state index in [2.05, 4.69) is 31.1 Å². The van der Waals surface area contributed by atoms with E-state index in [-0.39, 0.29) is 17.2 Å². The molecular formula is C26H39F3N4O2. The van der Waals surface area contributed by atoms with Crippen LogP contribution in [0.3, 0.4) is 0 Å². The molecule has 2 aliphatic heterocycles. The van der Waals surface area contributed by atoms with E-state index in [0.717, 1.165) is 57.6 Å². The number of amides is 1. The second-order valence-corrected chi connectivity index (χ2v) is 10.8. The summed E-state index contributed by atoms with van der Waals surface area (Å²) in [6.45, 7) is 10.1. The molecule has 0 radical (unpaired) electrons. The molecule has 4 rings (SSSR count). The van der Waals surface area contributed by atoms with Crippen LogP contribution in [0.5, 0.6) is 0 Å². The van der Waals surface area contributed by atoms with Gasteiger partial charge in [0.1, 0.15) is 0 Å². The average Bonchev–Trinajstić information content (AvgIpc) is 3.29. The van der Waals surface area contributed by atoms with Crippen molar-refractivity contribution in [3.05, 3.63) is 24.0 Å². The Balaban J connectivity index is 1.38. The minimum atomic E-state index is -4.42. The van der Waals surface area contributed by atoms with Crippen molar-refractivity contribution in [3.63, 3.8) is 0 Å². The normalized spacial score (nSPS) is 30.2. The monoisotopic (exact) mass is 496 g/mol. The summed E-state index contributed by atoms with van der Waals surface area (Å²) < 4.78 is 44.9. The molecule has 1 aromatic rings. The van der Waals surface area contributed by atoms with Gasteiger partial charge in [0.15, 0.2) is 0 Å². The van der Waals surface area contributed by atoms with Gasteiger partial charge in [0.25, 0.3) is 0 Å². The number of hydrogen-bond acceptors (Lipinski definition) is 5. The summed E-state index contributed by atoms with van der Waals surface area (Å²) in [5.41, 5.74) is -0.672. The second kappa shape index (κ2) is 10.6. The third-order valence-corrected chi connectivity index (χ3v) is 8.51. The summed E-state index contributed by atoms with van der Waals surface area (Å²) in [5, 5.41) is 3.87. The molecule has 0 spiro atoms. The van der Waals surface area contributed by atoms with Crippen LogP contribution in [0.15, 0.2) is 18.5 Å². The largest absolute Gasteiger partial charge is 0.417 e. The standard InChI is InChI=1S/C26H39F3N4O2/c1-4-19-17-35-12-6-23(19)31-21-5-7-25(14-21,18(2)3)24(34)33-10-8-32(9-11-33)22-13-20(15-30-16-22)26(27,28)29/h13,15-16,18-19,21,23,31H,4-12,14,17H2,1-3H3. The van der Waals surface area contributed by atoms with Crippen molar-refractivity contribution in [3.8, 4) is 0 Å². The van der Waals surface area contributed by atoms with Crippen LogP contribution in [0.1, 0.15) is 58.4 Å². The Morgan fingerprint density at radius 2 is 1.97 bits per heavy atom. The average molecular weight is 497 g/mol. The van der Waals surface area contributed by atoms with E-state index in [1.807, 2.05) is 9.80 Å². The van der Waals surface area contributed by atoms with Crippen molar-refractivity contribution in [2.24, 2.45) is 17.3 Å². The number of aromatic nitrogens is 1.